The zero-order valence-electron chi connectivity index (χ0n) is 19.0. The van der Waals surface area contributed by atoms with Crippen molar-refractivity contribution >= 4 is 28.3 Å². The lowest BCUT2D eigenvalue weighted by molar-refractivity contribution is -0.128. The number of ether oxygens (including phenoxy) is 1. The summed E-state index contributed by atoms with van der Waals surface area (Å²) in [6.07, 6.45) is 1.17. The number of anilines is 1. The van der Waals surface area contributed by atoms with E-state index in [1.54, 1.807) is 44.2 Å². The molecule has 2 N–H and O–H groups in total. The van der Waals surface area contributed by atoms with E-state index < -0.39 is 12.1 Å². The molecular weight excluding hydrogens is 421 g/mol. The van der Waals surface area contributed by atoms with E-state index in [1.165, 1.54) is 12.1 Å². The van der Waals surface area contributed by atoms with Crippen LogP contribution in [0.3, 0.4) is 0 Å². The SMILES string of the molecule is CNC(C)C(=O)NC1CCc2ccccc2N(Cc2c(OC)ccc3cc(F)ccc23)C1=O. The number of amides is 2. The highest BCUT2D eigenvalue weighted by Crippen LogP contribution is 2.34. The molecule has 7 heteroatoms. The lowest BCUT2D eigenvalue weighted by Gasteiger charge is -2.28. The number of carbonyl (C=O) groups excluding carboxylic acids is 2. The molecule has 2 amide bonds. The molecule has 0 saturated carbocycles. The summed E-state index contributed by atoms with van der Waals surface area (Å²) < 4.78 is 19.5. The van der Waals surface area contributed by atoms with Crippen LogP contribution < -0.4 is 20.3 Å². The van der Waals surface area contributed by atoms with Crippen LogP contribution in [0.4, 0.5) is 10.1 Å². The van der Waals surface area contributed by atoms with Crippen molar-refractivity contribution in [3.8, 4) is 5.75 Å². The second kappa shape index (κ2) is 9.58. The number of carbonyl (C=O) groups is 2. The monoisotopic (exact) mass is 449 g/mol. The molecular formula is C26H28FN3O3. The molecule has 0 fully saturated rings. The third-order valence-electron chi connectivity index (χ3n) is 6.28. The average molecular weight is 450 g/mol. The van der Waals surface area contributed by atoms with Crippen molar-refractivity contribution < 1.29 is 18.7 Å². The van der Waals surface area contributed by atoms with Gasteiger partial charge in [0.15, 0.2) is 0 Å². The number of halogens is 1. The van der Waals surface area contributed by atoms with Gasteiger partial charge in [0.2, 0.25) is 11.8 Å². The summed E-state index contributed by atoms with van der Waals surface area (Å²) in [6.45, 7) is 1.99. The third-order valence-corrected chi connectivity index (χ3v) is 6.28. The minimum Gasteiger partial charge on any atom is -0.496 e. The summed E-state index contributed by atoms with van der Waals surface area (Å²) in [7, 11) is 3.28. The highest BCUT2D eigenvalue weighted by Gasteiger charge is 2.32. The standard InChI is InChI=1S/C26H28FN3O3/c1-16(28-2)25(31)29-22-12-8-17-6-4-5-7-23(17)30(26(22)32)15-21-20-11-10-19(27)14-18(20)9-13-24(21)33-3/h4-7,9-11,13-14,16,22,28H,8,12,15H2,1-3H3,(H,29,31). The zero-order valence-corrected chi connectivity index (χ0v) is 19.0. The van der Waals surface area contributed by atoms with Gasteiger partial charge in [-0.15, -0.1) is 0 Å². The molecule has 1 heterocycles. The van der Waals surface area contributed by atoms with E-state index in [4.69, 9.17) is 4.74 Å². The molecule has 0 saturated heterocycles. The fourth-order valence-corrected chi connectivity index (χ4v) is 4.30. The van der Waals surface area contributed by atoms with E-state index in [0.717, 1.165) is 27.6 Å². The van der Waals surface area contributed by atoms with E-state index in [9.17, 15) is 14.0 Å². The van der Waals surface area contributed by atoms with Crippen LogP contribution in [0.5, 0.6) is 5.75 Å². The van der Waals surface area contributed by atoms with Crippen LogP contribution in [0, 0.1) is 5.82 Å². The normalized spacial score (nSPS) is 16.8. The summed E-state index contributed by atoms with van der Waals surface area (Å²) >= 11 is 0. The molecule has 1 aliphatic rings. The largest absolute Gasteiger partial charge is 0.496 e. The van der Waals surface area contributed by atoms with Crippen molar-refractivity contribution in [1.82, 2.24) is 10.6 Å². The molecule has 0 aromatic heterocycles. The quantitative estimate of drug-likeness (QED) is 0.604. The van der Waals surface area contributed by atoms with E-state index in [-0.39, 0.29) is 24.2 Å². The molecule has 4 rings (SSSR count). The molecule has 0 spiro atoms. The topological polar surface area (TPSA) is 70.7 Å². The summed E-state index contributed by atoms with van der Waals surface area (Å²) in [5.41, 5.74) is 2.63. The maximum Gasteiger partial charge on any atom is 0.249 e. The van der Waals surface area contributed by atoms with Gasteiger partial charge in [-0.2, -0.15) is 0 Å². The molecule has 0 bridgehead atoms. The van der Waals surface area contributed by atoms with Crippen LogP contribution in [-0.4, -0.2) is 38.1 Å². The minimum absolute atomic E-state index is 0.183. The number of rotatable bonds is 6. The van der Waals surface area contributed by atoms with Gasteiger partial charge in [0.25, 0.3) is 0 Å². The number of nitrogens with one attached hydrogen (secondary N) is 2. The maximum absolute atomic E-state index is 13.8. The van der Waals surface area contributed by atoms with Gasteiger partial charge in [0, 0.05) is 11.3 Å². The Labute approximate surface area is 192 Å². The summed E-state index contributed by atoms with van der Waals surface area (Å²) in [4.78, 5) is 28.0. The average Bonchev–Trinajstić information content (AvgIpc) is 2.95. The van der Waals surface area contributed by atoms with Crippen molar-refractivity contribution in [1.29, 1.82) is 0 Å². The Balaban J connectivity index is 1.77. The maximum atomic E-state index is 13.8. The Bertz CT molecular complexity index is 1200. The number of methoxy groups -OCH3 is 1. The molecule has 2 atom stereocenters. The van der Waals surface area contributed by atoms with E-state index >= 15 is 0 Å². The van der Waals surface area contributed by atoms with Gasteiger partial charge in [-0.1, -0.05) is 30.3 Å². The number of hydrogen-bond donors (Lipinski definition) is 2. The van der Waals surface area contributed by atoms with Crippen LogP contribution in [0.25, 0.3) is 10.8 Å². The summed E-state index contributed by atoms with van der Waals surface area (Å²) in [6, 6.07) is 14.9. The molecule has 172 valence electrons. The van der Waals surface area contributed by atoms with Crippen LogP contribution in [-0.2, 0) is 22.6 Å². The first-order chi connectivity index (χ1) is 15.9. The first kappa shape index (κ1) is 22.7. The number of aryl methyl sites for hydroxylation is 1. The number of para-hydroxylation sites is 1. The predicted octanol–water partition coefficient (Wildman–Crippen LogP) is 3.56. The smallest absolute Gasteiger partial charge is 0.249 e. The Morgan fingerprint density at radius 1 is 1.21 bits per heavy atom. The van der Waals surface area contributed by atoms with Gasteiger partial charge in [0.05, 0.1) is 19.7 Å². The Hall–Kier alpha value is -3.45. The van der Waals surface area contributed by atoms with Crippen molar-refractivity contribution in [2.24, 2.45) is 0 Å². The molecule has 33 heavy (non-hydrogen) atoms. The van der Waals surface area contributed by atoms with Crippen molar-refractivity contribution in [3.05, 3.63) is 71.5 Å². The van der Waals surface area contributed by atoms with E-state index in [2.05, 4.69) is 10.6 Å². The minimum atomic E-state index is -0.654. The third kappa shape index (κ3) is 4.54. The van der Waals surface area contributed by atoms with Crippen LogP contribution in [0.15, 0.2) is 54.6 Å². The molecule has 0 radical (unpaired) electrons. The summed E-state index contributed by atoms with van der Waals surface area (Å²) in [5.74, 6) is -0.109. The highest BCUT2D eigenvalue weighted by atomic mass is 19.1. The fourth-order valence-electron chi connectivity index (χ4n) is 4.30. The van der Waals surface area contributed by atoms with Gasteiger partial charge >= 0.3 is 0 Å². The van der Waals surface area contributed by atoms with Crippen LogP contribution >= 0.6 is 0 Å². The van der Waals surface area contributed by atoms with E-state index in [0.29, 0.717) is 18.6 Å². The lowest BCUT2D eigenvalue weighted by Crippen LogP contribution is -2.52. The Kier molecular flexibility index (Phi) is 6.60. The highest BCUT2D eigenvalue weighted by molar-refractivity contribution is 6.01. The summed E-state index contributed by atoms with van der Waals surface area (Å²) in [5, 5.41) is 7.36. The van der Waals surface area contributed by atoms with Gasteiger partial charge in [0.1, 0.15) is 17.6 Å². The predicted molar refractivity (Wildman–Crippen MR) is 127 cm³/mol. The first-order valence-corrected chi connectivity index (χ1v) is 11.0. The molecule has 3 aromatic rings. The molecule has 3 aromatic carbocycles. The number of nitrogens with zero attached hydrogens (tertiary/aromatic N) is 1. The second-order valence-electron chi connectivity index (χ2n) is 8.28. The van der Waals surface area contributed by atoms with Gasteiger partial charge < -0.3 is 20.3 Å². The molecule has 0 aliphatic carbocycles. The molecule has 2 unspecified atom stereocenters. The molecule has 1 aliphatic heterocycles. The first-order valence-electron chi connectivity index (χ1n) is 11.0. The Morgan fingerprint density at radius 2 is 2.00 bits per heavy atom. The van der Waals surface area contributed by atoms with Crippen molar-refractivity contribution in [3.63, 3.8) is 0 Å². The number of benzene rings is 3. The van der Waals surface area contributed by atoms with Gasteiger partial charge in [-0.25, -0.2) is 4.39 Å². The van der Waals surface area contributed by atoms with Crippen LogP contribution in [0.2, 0.25) is 0 Å². The van der Waals surface area contributed by atoms with Gasteiger partial charge in [-0.05, 0) is 67.4 Å². The second-order valence-corrected chi connectivity index (χ2v) is 8.28. The van der Waals surface area contributed by atoms with E-state index in [1.807, 2.05) is 24.3 Å². The number of hydrogen-bond acceptors (Lipinski definition) is 4. The molecule has 6 nitrogen and oxygen atoms in total. The Morgan fingerprint density at radius 3 is 2.76 bits per heavy atom. The van der Waals surface area contributed by atoms with Gasteiger partial charge in [-0.3, -0.25) is 9.59 Å². The fraction of sp³-hybridized carbons (Fsp3) is 0.308. The number of likely N-dealkylation sites (N-methyl/N-ethyl adjacent to an activating group) is 1. The van der Waals surface area contributed by atoms with Crippen molar-refractivity contribution in [2.45, 2.75) is 38.4 Å². The zero-order chi connectivity index (χ0) is 23.5. The lowest BCUT2D eigenvalue weighted by atomic mass is 10.0. The van der Waals surface area contributed by atoms with Crippen LogP contribution in [0.1, 0.15) is 24.5 Å². The van der Waals surface area contributed by atoms with Crippen molar-refractivity contribution in [2.75, 3.05) is 19.1 Å². The number of fused-ring (bicyclic) bond motifs is 2.